The molecule has 3 rings (SSSR count). The molecule has 0 radical (unpaired) electrons. The van der Waals surface area contributed by atoms with Gasteiger partial charge in [-0.15, -0.1) is 11.3 Å². The molecule has 3 aromatic heterocycles. The van der Waals surface area contributed by atoms with E-state index in [1.807, 2.05) is 34.2 Å². The predicted octanol–water partition coefficient (Wildman–Crippen LogP) is 2.15. The first-order valence-electron chi connectivity index (χ1n) is 5.36. The van der Waals surface area contributed by atoms with Crippen LogP contribution in [0.2, 0.25) is 0 Å². The van der Waals surface area contributed by atoms with Gasteiger partial charge in [-0.2, -0.15) is 0 Å². The van der Waals surface area contributed by atoms with Gasteiger partial charge in [0.2, 0.25) is 0 Å². The summed E-state index contributed by atoms with van der Waals surface area (Å²) in [6, 6.07) is 7.83. The number of aromatic nitrogens is 3. The van der Waals surface area contributed by atoms with Crippen molar-refractivity contribution in [1.29, 1.82) is 0 Å². The molecule has 0 fully saturated rings. The van der Waals surface area contributed by atoms with E-state index < -0.39 is 0 Å². The summed E-state index contributed by atoms with van der Waals surface area (Å²) in [5.41, 5.74) is 1.69. The van der Waals surface area contributed by atoms with Crippen molar-refractivity contribution in [3.8, 4) is 10.7 Å². The van der Waals surface area contributed by atoms with Crippen molar-refractivity contribution in [1.82, 2.24) is 14.5 Å². The third kappa shape index (κ3) is 1.73. The van der Waals surface area contributed by atoms with Gasteiger partial charge in [0, 0.05) is 12.7 Å². The van der Waals surface area contributed by atoms with E-state index in [0.29, 0.717) is 6.54 Å². The fraction of sp³-hybridized carbons (Fsp3) is 0.167. The molecule has 0 saturated heterocycles. The fourth-order valence-electron chi connectivity index (χ4n) is 1.86. The summed E-state index contributed by atoms with van der Waals surface area (Å²) in [6.07, 6.45) is 1.75. The van der Waals surface area contributed by atoms with Crippen LogP contribution < -0.4 is 0 Å². The van der Waals surface area contributed by atoms with Crippen LogP contribution in [0, 0.1) is 0 Å². The van der Waals surface area contributed by atoms with Crippen LogP contribution in [0.25, 0.3) is 21.9 Å². The Hall–Kier alpha value is -1.72. The zero-order valence-corrected chi connectivity index (χ0v) is 9.89. The number of rotatable bonds is 3. The maximum Gasteiger partial charge on any atom is 0.160 e. The van der Waals surface area contributed by atoms with Gasteiger partial charge in [-0.25, -0.2) is 9.97 Å². The largest absolute Gasteiger partial charge is 0.395 e. The van der Waals surface area contributed by atoms with Crippen LogP contribution in [0.1, 0.15) is 0 Å². The lowest BCUT2D eigenvalue weighted by molar-refractivity contribution is 0.278. The molecule has 4 nitrogen and oxygen atoms in total. The molecule has 3 aromatic rings. The number of aliphatic hydroxyl groups excluding tert-OH is 1. The number of hydrogen-bond acceptors (Lipinski definition) is 4. The zero-order valence-electron chi connectivity index (χ0n) is 9.08. The highest BCUT2D eigenvalue weighted by molar-refractivity contribution is 7.13. The highest BCUT2D eigenvalue weighted by atomic mass is 32.1. The van der Waals surface area contributed by atoms with Gasteiger partial charge >= 0.3 is 0 Å². The number of aliphatic hydroxyl groups is 1. The molecule has 0 aromatic carbocycles. The lowest BCUT2D eigenvalue weighted by atomic mass is 10.4. The number of imidazole rings is 1. The van der Waals surface area contributed by atoms with Crippen molar-refractivity contribution in [3.05, 3.63) is 35.8 Å². The van der Waals surface area contributed by atoms with E-state index in [1.165, 1.54) is 0 Å². The van der Waals surface area contributed by atoms with Crippen molar-refractivity contribution in [3.63, 3.8) is 0 Å². The van der Waals surface area contributed by atoms with Crippen LogP contribution in [0.5, 0.6) is 0 Å². The maximum absolute atomic E-state index is 9.15. The lowest BCUT2D eigenvalue weighted by Gasteiger charge is -2.04. The Bertz CT molecular complexity index is 630. The van der Waals surface area contributed by atoms with E-state index in [2.05, 4.69) is 9.97 Å². The molecule has 0 atom stereocenters. The first kappa shape index (κ1) is 10.4. The topological polar surface area (TPSA) is 50.9 Å². The number of hydrogen-bond donors (Lipinski definition) is 1. The molecule has 0 bridgehead atoms. The lowest BCUT2D eigenvalue weighted by Crippen LogP contribution is -2.04. The average molecular weight is 245 g/mol. The smallest absolute Gasteiger partial charge is 0.160 e. The van der Waals surface area contributed by atoms with Crippen molar-refractivity contribution in [2.75, 3.05) is 6.61 Å². The fourth-order valence-corrected chi connectivity index (χ4v) is 2.59. The van der Waals surface area contributed by atoms with Gasteiger partial charge in [0.25, 0.3) is 0 Å². The highest BCUT2D eigenvalue weighted by Crippen LogP contribution is 2.26. The molecule has 1 N–H and O–H groups in total. The second-order valence-corrected chi connectivity index (χ2v) is 4.58. The summed E-state index contributed by atoms with van der Waals surface area (Å²) in [5, 5.41) is 11.2. The predicted molar refractivity (Wildman–Crippen MR) is 67.9 cm³/mol. The van der Waals surface area contributed by atoms with E-state index >= 15 is 0 Å². The SMILES string of the molecule is OCCn1c(-c2cccs2)nc2cccnc21. The first-order chi connectivity index (χ1) is 8.40. The van der Waals surface area contributed by atoms with Crippen LogP contribution in [0.4, 0.5) is 0 Å². The third-order valence-corrected chi connectivity index (χ3v) is 3.43. The third-order valence-electron chi connectivity index (χ3n) is 2.57. The normalized spacial score (nSPS) is 11.1. The zero-order chi connectivity index (χ0) is 11.7. The molecular weight excluding hydrogens is 234 g/mol. The van der Waals surface area contributed by atoms with E-state index in [1.54, 1.807) is 17.5 Å². The Morgan fingerprint density at radius 2 is 2.24 bits per heavy atom. The molecular formula is C12H11N3OS. The Kier molecular flexibility index (Phi) is 2.62. The molecule has 0 spiro atoms. The summed E-state index contributed by atoms with van der Waals surface area (Å²) in [6.45, 7) is 0.598. The molecule has 0 amide bonds. The summed E-state index contributed by atoms with van der Waals surface area (Å²) in [4.78, 5) is 9.99. The quantitative estimate of drug-likeness (QED) is 0.769. The Morgan fingerprint density at radius 3 is 3.00 bits per heavy atom. The van der Waals surface area contributed by atoms with Gasteiger partial charge in [0.05, 0.1) is 11.5 Å². The van der Waals surface area contributed by atoms with Crippen LogP contribution in [0.3, 0.4) is 0 Å². The minimum absolute atomic E-state index is 0.0837. The standard InChI is InChI=1S/C12H11N3OS/c16-7-6-15-11-9(3-1-5-13-11)14-12(15)10-4-2-8-17-10/h1-5,8,16H,6-7H2. The summed E-state index contributed by atoms with van der Waals surface area (Å²) in [7, 11) is 0. The monoisotopic (exact) mass is 245 g/mol. The van der Waals surface area contributed by atoms with Crippen molar-refractivity contribution < 1.29 is 5.11 Å². The van der Waals surface area contributed by atoms with Gasteiger partial charge < -0.3 is 9.67 Å². The Labute approximate surface area is 102 Å². The minimum Gasteiger partial charge on any atom is -0.395 e. The maximum atomic E-state index is 9.15. The van der Waals surface area contributed by atoms with Crippen LogP contribution in [-0.2, 0) is 6.54 Å². The van der Waals surface area contributed by atoms with Crippen LogP contribution >= 0.6 is 11.3 Å². The second-order valence-electron chi connectivity index (χ2n) is 3.63. The number of thiophene rings is 1. The second kappa shape index (κ2) is 4.27. The van der Waals surface area contributed by atoms with Gasteiger partial charge in [-0.05, 0) is 23.6 Å². The summed E-state index contributed by atoms with van der Waals surface area (Å²) >= 11 is 1.64. The van der Waals surface area contributed by atoms with Crippen molar-refractivity contribution >= 4 is 22.5 Å². The highest BCUT2D eigenvalue weighted by Gasteiger charge is 2.13. The number of nitrogens with zero attached hydrogens (tertiary/aromatic N) is 3. The van der Waals surface area contributed by atoms with Crippen LogP contribution in [-0.4, -0.2) is 26.2 Å². The van der Waals surface area contributed by atoms with E-state index in [4.69, 9.17) is 5.11 Å². The van der Waals surface area contributed by atoms with Crippen molar-refractivity contribution in [2.24, 2.45) is 0 Å². The van der Waals surface area contributed by atoms with E-state index in [9.17, 15) is 0 Å². The van der Waals surface area contributed by atoms with Gasteiger partial charge in [-0.1, -0.05) is 6.07 Å². The number of fused-ring (bicyclic) bond motifs is 1. The summed E-state index contributed by atoms with van der Waals surface area (Å²) < 4.78 is 1.96. The molecule has 0 aliphatic carbocycles. The Balaban J connectivity index is 2.26. The van der Waals surface area contributed by atoms with Gasteiger partial charge in [-0.3, -0.25) is 0 Å². The first-order valence-corrected chi connectivity index (χ1v) is 6.24. The molecule has 0 aliphatic rings. The molecule has 0 saturated carbocycles. The van der Waals surface area contributed by atoms with Crippen molar-refractivity contribution in [2.45, 2.75) is 6.54 Å². The van der Waals surface area contributed by atoms with Gasteiger partial charge in [0.15, 0.2) is 11.5 Å². The molecule has 17 heavy (non-hydrogen) atoms. The van der Waals surface area contributed by atoms with Crippen LogP contribution in [0.15, 0.2) is 35.8 Å². The summed E-state index contributed by atoms with van der Waals surface area (Å²) in [5.74, 6) is 0.878. The minimum atomic E-state index is 0.0837. The molecule has 0 aliphatic heterocycles. The molecule has 5 heteroatoms. The van der Waals surface area contributed by atoms with E-state index in [-0.39, 0.29) is 6.61 Å². The molecule has 0 unspecified atom stereocenters. The molecule has 3 heterocycles. The van der Waals surface area contributed by atoms with E-state index in [0.717, 1.165) is 21.9 Å². The average Bonchev–Trinajstić information content (AvgIpc) is 2.97. The van der Waals surface area contributed by atoms with Gasteiger partial charge in [0.1, 0.15) is 5.52 Å². The molecule has 86 valence electrons. The Morgan fingerprint density at radius 1 is 1.29 bits per heavy atom. The number of pyridine rings is 1.